The average molecular weight is 258 g/mol. The molecule has 1 atom stereocenters. The minimum Gasteiger partial charge on any atom is -0.393 e. The van der Waals surface area contributed by atoms with Crippen molar-refractivity contribution in [2.45, 2.75) is 13.3 Å². The van der Waals surface area contributed by atoms with E-state index in [1.54, 1.807) is 6.92 Å². The molecule has 0 bridgehead atoms. The summed E-state index contributed by atoms with van der Waals surface area (Å²) in [4.78, 5) is 11.7. The van der Waals surface area contributed by atoms with Crippen LogP contribution in [0, 0.1) is 17.6 Å². The molecule has 1 rings (SSSR count). The molecular weight excluding hydrogens is 246 g/mol. The number of nitrogens with one attached hydrogen (secondary N) is 1. The molecule has 1 unspecified atom stereocenters. The number of nitrogens with two attached hydrogens (primary N) is 1. The number of benzene rings is 1. The minimum absolute atomic E-state index is 0.0295. The molecule has 0 aliphatic rings. The molecule has 0 aromatic heterocycles. The smallest absolute Gasteiger partial charge is 0.234 e. The highest BCUT2D eigenvalue weighted by molar-refractivity contribution is 7.80. The molecule has 0 fully saturated rings. The topological polar surface area (TPSA) is 55.1 Å². The van der Waals surface area contributed by atoms with Gasteiger partial charge in [0.2, 0.25) is 5.91 Å². The number of thiocarbonyl (C=S) groups is 1. The molecule has 3 nitrogen and oxygen atoms in total. The number of anilines is 1. The Morgan fingerprint density at radius 3 is 2.71 bits per heavy atom. The lowest BCUT2D eigenvalue weighted by atomic mass is 10.1. The second-order valence-electron chi connectivity index (χ2n) is 3.45. The monoisotopic (exact) mass is 258 g/mol. The summed E-state index contributed by atoms with van der Waals surface area (Å²) in [6.45, 7) is 1.73. The van der Waals surface area contributed by atoms with Gasteiger partial charge in [-0.1, -0.05) is 25.2 Å². The van der Waals surface area contributed by atoms with Crippen molar-refractivity contribution in [3.8, 4) is 0 Å². The summed E-state index contributed by atoms with van der Waals surface area (Å²) in [5.74, 6) is -3.35. The summed E-state index contributed by atoms with van der Waals surface area (Å²) in [5, 5.41) is 2.26. The lowest BCUT2D eigenvalue weighted by Gasteiger charge is -2.13. The Kier molecular flexibility index (Phi) is 4.51. The molecule has 6 heteroatoms. The predicted molar refractivity (Wildman–Crippen MR) is 65.6 cm³/mol. The van der Waals surface area contributed by atoms with Crippen LogP contribution in [0.3, 0.4) is 0 Å². The highest BCUT2D eigenvalue weighted by atomic mass is 32.1. The van der Waals surface area contributed by atoms with Crippen molar-refractivity contribution in [3.63, 3.8) is 0 Å². The number of carbonyl (C=O) groups excluding carboxylic acids is 1. The van der Waals surface area contributed by atoms with E-state index in [9.17, 15) is 13.6 Å². The van der Waals surface area contributed by atoms with Gasteiger partial charge in [0, 0.05) is 0 Å². The van der Waals surface area contributed by atoms with Gasteiger partial charge in [-0.15, -0.1) is 0 Å². The third kappa shape index (κ3) is 3.20. The quantitative estimate of drug-likeness (QED) is 0.814. The molecule has 0 spiro atoms. The number of halogens is 2. The normalized spacial score (nSPS) is 11.9. The zero-order valence-corrected chi connectivity index (χ0v) is 9.98. The van der Waals surface area contributed by atoms with Crippen LogP contribution >= 0.6 is 12.2 Å². The van der Waals surface area contributed by atoms with Gasteiger partial charge in [0.15, 0.2) is 11.6 Å². The van der Waals surface area contributed by atoms with Crippen LogP contribution in [0.15, 0.2) is 18.2 Å². The molecule has 1 amide bonds. The Morgan fingerprint density at radius 2 is 2.18 bits per heavy atom. The molecule has 0 aliphatic carbocycles. The zero-order valence-electron chi connectivity index (χ0n) is 9.17. The molecule has 0 radical (unpaired) electrons. The molecule has 0 saturated carbocycles. The third-order valence-corrected chi connectivity index (χ3v) is 2.56. The number of hydrogen-bond donors (Lipinski definition) is 2. The fourth-order valence-electron chi connectivity index (χ4n) is 1.34. The number of hydrogen-bond acceptors (Lipinski definition) is 2. The Labute approximate surface area is 103 Å². The van der Waals surface area contributed by atoms with E-state index in [0.717, 1.165) is 6.07 Å². The van der Waals surface area contributed by atoms with Crippen molar-refractivity contribution in [1.82, 2.24) is 0 Å². The fourth-order valence-corrected chi connectivity index (χ4v) is 1.61. The van der Waals surface area contributed by atoms with Crippen LogP contribution < -0.4 is 11.1 Å². The zero-order chi connectivity index (χ0) is 13.0. The van der Waals surface area contributed by atoms with Crippen molar-refractivity contribution in [3.05, 3.63) is 29.8 Å². The first kappa shape index (κ1) is 13.5. The Balaban J connectivity index is 2.88. The van der Waals surface area contributed by atoms with Crippen LogP contribution in [0.2, 0.25) is 0 Å². The maximum atomic E-state index is 13.3. The van der Waals surface area contributed by atoms with Crippen molar-refractivity contribution in [1.29, 1.82) is 0 Å². The second-order valence-corrected chi connectivity index (χ2v) is 3.93. The van der Waals surface area contributed by atoms with Gasteiger partial charge in [-0.05, 0) is 18.6 Å². The summed E-state index contributed by atoms with van der Waals surface area (Å²) >= 11 is 4.72. The Morgan fingerprint density at radius 1 is 1.53 bits per heavy atom. The Bertz CT molecular complexity index is 451. The van der Waals surface area contributed by atoms with Crippen molar-refractivity contribution in [2.24, 2.45) is 11.7 Å². The highest BCUT2D eigenvalue weighted by Gasteiger charge is 2.20. The standard InChI is InChI=1S/C11H12F2N2OS/c1-2-6(10(14)17)11(16)15-8-5-3-4-7(12)9(8)13/h3-6H,2H2,1H3,(H2,14,17)(H,15,16). The number of amides is 1. The molecule has 0 heterocycles. The molecule has 1 aromatic carbocycles. The third-order valence-electron chi connectivity index (χ3n) is 2.28. The van der Waals surface area contributed by atoms with E-state index in [-0.39, 0.29) is 10.7 Å². The van der Waals surface area contributed by atoms with Crippen molar-refractivity contribution >= 4 is 28.8 Å². The summed E-state index contributed by atoms with van der Waals surface area (Å²) in [6.07, 6.45) is 0.401. The molecule has 1 aromatic rings. The molecule has 17 heavy (non-hydrogen) atoms. The van der Waals surface area contributed by atoms with Crippen LogP contribution in [-0.4, -0.2) is 10.9 Å². The highest BCUT2D eigenvalue weighted by Crippen LogP contribution is 2.18. The van der Waals surface area contributed by atoms with E-state index in [4.69, 9.17) is 18.0 Å². The molecule has 3 N–H and O–H groups in total. The second kappa shape index (κ2) is 5.67. The maximum Gasteiger partial charge on any atom is 0.234 e. The summed E-state index contributed by atoms with van der Waals surface area (Å²) in [6, 6.07) is 3.54. The lowest BCUT2D eigenvalue weighted by molar-refractivity contribution is -0.118. The van der Waals surface area contributed by atoms with Crippen molar-refractivity contribution < 1.29 is 13.6 Å². The molecule has 0 saturated heterocycles. The summed E-state index contributed by atoms with van der Waals surface area (Å²) < 4.78 is 26.2. The van der Waals surface area contributed by atoms with Gasteiger partial charge in [0.25, 0.3) is 0 Å². The molecular formula is C11H12F2N2OS. The van der Waals surface area contributed by atoms with Crippen LogP contribution in [0.25, 0.3) is 0 Å². The first-order valence-electron chi connectivity index (χ1n) is 5.01. The molecule has 0 aliphatic heterocycles. The minimum atomic E-state index is -1.10. The SMILES string of the molecule is CCC(C(=O)Nc1cccc(F)c1F)C(N)=S. The maximum absolute atomic E-state index is 13.3. The first-order chi connectivity index (χ1) is 7.97. The average Bonchev–Trinajstić information content (AvgIpc) is 2.25. The van der Waals surface area contributed by atoms with Crippen molar-refractivity contribution in [2.75, 3.05) is 5.32 Å². The largest absolute Gasteiger partial charge is 0.393 e. The molecule has 92 valence electrons. The summed E-state index contributed by atoms with van der Waals surface area (Å²) in [7, 11) is 0. The van der Waals surface area contributed by atoms with Crippen LogP contribution in [-0.2, 0) is 4.79 Å². The fraction of sp³-hybridized carbons (Fsp3) is 0.273. The van der Waals surface area contributed by atoms with E-state index in [1.807, 2.05) is 0 Å². The number of carbonyl (C=O) groups is 1. The van der Waals surface area contributed by atoms with E-state index in [1.165, 1.54) is 12.1 Å². The van der Waals surface area contributed by atoms with Gasteiger partial charge in [-0.25, -0.2) is 8.78 Å². The van der Waals surface area contributed by atoms with E-state index in [2.05, 4.69) is 5.32 Å². The van der Waals surface area contributed by atoms with E-state index >= 15 is 0 Å². The van der Waals surface area contributed by atoms with Gasteiger partial charge >= 0.3 is 0 Å². The van der Waals surface area contributed by atoms with Gasteiger partial charge in [0.05, 0.1) is 16.6 Å². The van der Waals surface area contributed by atoms with Gasteiger partial charge in [-0.2, -0.15) is 0 Å². The van der Waals surface area contributed by atoms with E-state index in [0.29, 0.717) is 6.42 Å². The van der Waals surface area contributed by atoms with Crippen LogP contribution in [0.4, 0.5) is 14.5 Å². The first-order valence-corrected chi connectivity index (χ1v) is 5.42. The lowest BCUT2D eigenvalue weighted by Crippen LogP contribution is -2.32. The van der Waals surface area contributed by atoms with Crippen LogP contribution in [0.5, 0.6) is 0 Å². The predicted octanol–water partition coefficient (Wildman–Crippen LogP) is 2.22. The number of rotatable bonds is 4. The van der Waals surface area contributed by atoms with Gasteiger partial charge in [-0.3, -0.25) is 4.79 Å². The summed E-state index contributed by atoms with van der Waals surface area (Å²) in [5.41, 5.74) is 5.15. The van der Waals surface area contributed by atoms with Crippen LogP contribution in [0.1, 0.15) is 13.3 Å². The van der Waals surface area contributed by atoms with E-state index < -0.39 is 23.5 Å². The van der Waals surface area contributed by atoms with Gasteiger partial charge in [0.1, 0.15) is 0 Å². The van der Waals surface area contributed by atoms with Gasteiger partial charge < -0.3 is 11.1 Å². The Hall–Kier alpha value is -1.56.